The summed E-state index contributed by atoms with van der Waals surface area (Å²) in [7, 11) is 0. The number of aromatic nitrogens is 1. The fourth-order valence-electron chi connectivity index (χ4n) is 2.53. The molecule has 3 rings (SSSR count). The van der Waals surface area contributed by atoms with Crippen LogP contribution in [0.5, 0.6) is 5.75 Å². The summed E-state index contributed by atoms with van der Waals surface area (Å²) >= 11 is 1.44. The molecule has 2 heterocycles. The van der Waals surface area contributed by atoms with Gasteiger partial charge in [0.25, 0.3) is 5.91 Å². The van der Waals surface area contributed by atoms with Crippen LogP contribution in [-0.2, 0) is 6.54 Å². The molecular formula is C16H19N3O2S. The van der Waals surface area contributed by atoms with Crippen LogP contribution in [0.25, 0.3) is 0 Å². The van der Waals surface area contributed by atoms with Gasteiger partial charge in [-0.25, -0.2) is 4.98 Å². The SMILES string of the molecule is NCc1nc(C(=O)N2CCC(Oc3ccccc3)CC2)cs1. The van der Waals surface area contributed by atoms with Crippen LogP contribution >= 0.6 is 11.3 Å². The number of carbonyl (C=O) groups is 1. The molecule has 1 aliphatic heterocycles. The number of para-hydroxylation sites is 1. The summed E-state index contributed by atoms with van der Waals surface area (Å²) in [5.41, 5.74) is 6.05. The van der Waals surface area contributed by atoms with E-state index < -0.39 is 0 Å². The predicted octanol–water partition coefficient (Wildman–Crippen LogP) is 2.29. The van der Waals surface area contributed by atoms with E-state index in [1.165, 1.54) is 11.3 Å². The van der Waals surface area contributed by atoms with Crippen molar-refractivity contribution in [3.05, 3.63) is 46.4 Å². The molecule has 0 radical (unpaired) electrons. The normalized spacial score (nSPS) is 15.8. The van der Waals surface area contributed by atoms with Crippen LogP contribution in [-0.4, -0.2) is 35.0 Å². The minimum absolute atomic E-state index is 0.00545. The summed E-state index contributed by atoms with van der Waals surface area (Å²) in [6.07, 6.45) is 1.85. The Labute approximate surface area is 133 Å². The summed E-state index contributed by atoms with van der Waals surface area (Å²) in [6, 6.07) is 9.82. The van der Waals surface area contributed by atoms with E-state index in [0.29, 0.717) is 25.3 Å². The lowest BCUT2D eigenvalue weighted by Gasteiger charge is -2.31. The van der Waals surface area contributed by atoms with Gasteiger partial charge in [0.1, 0.15) is 22.6 Å². The summed E-state index contributed by atoms with van der Waals surface area (Å²) in [5.74, 6) is 0.883. The maximum atomic E-state index is 12.4. The van der Waals surface area contributed by atoms with E-state index in [2.05, 4.69) is 4.98 Å². The highest BCUT2D eigenvalue weighted by atomic mass is 32.1. The average molecular weight is 317 g/mol. The molecule has 0 bridgehead atoms. The minimum atomic E-state index is -0.00545. The Morgan fingerprint density at radius 2 is 2.05 bits per heavy atom. The van der Waals surface area contributed by atoms with Gasteiger partial charge in [0, 0.05) is 37.9 Å². The van der Waals surface area contributed by atoms with E-state index in [1.54, 1.807) is 5.38 Å². The van der Waals surface area contributed by atoms with Gasteiger partial charge < -0.3 is 15.4 Å². The third-order valence-electron chi connectivity index (χ3n) is 3.72. The molecule has 1 amide bonds. The van der Waals surface area contributed by atoms with Crippen molar-refractivity contribution >= 4 is 17.2 Å². The Morgan fingerprint density at radius 3 is 2.68 bits per heavy atom. The molecule has 1 fully saturated rings. The second kappa shape index (κ2) is 6.89. The second-order valence-corrected chi connectivity index (χ2v) is 6.20. The number of carbonyl (C=O) groups excluding carboxylic acids is 1. The van der Waals surface area contributed by atoms with Crippen LogP contribution in [0.2, 0.25) is 0 Å². The third kappa shape index (κ3) is 3.45. The number of rotatable bonds is 4. The highest BCUT2D eigenvalue weighted by Gasteiger charge is 2.25. The van der Waals surface area contributed by atoms with Gasteiger partial charge in [-0.3, -0.25) is 4.79 Å². The number of nitrogens with zero attached hydrogens (tertiary/aromatic N) is 2. The van der Waals surface area contributed by atoms with Crippen molar-refractivity contribution in [1.82, 2.24) is 9.88 Å². The van der Waals surface area contributed by atoms with Crippen LogP contribution in [0.15, 0.2) is 35.7 Å². The van der Waals surface area contributed by atoms with E-state index in [-0.39, 0.29) is 12.0 Å². The molecule has 2 aromatic rings. The fraction of sp³-hybridized carbons (Fsp3) is 0.375. The molecular weight excluding hydrogens is 298 g/mol. The van der Waals surface area contributed by atoms with E-state index in [1.807, 2.05) is 35.2 Å². The number of hydrogen-bond acceptors (Lipinski definition) is 5. The monoisotopic (exact) mass is 317 g/mol. The van der Waals surface area contributed by atoms with Crippen molar-refractivity contribution in [3.8, 4) is 5.75 Å². The maximum Gasteiger partial charge on any atom is 0.273 e. The lowest BCUT2D eigenvalue weighted by Crippen LogP contribution is -2.41. The van der Waals surface area contributed by atoms with Crippen LogP contribution < -0.4 is 10.5 Å². The van der Waals surface area contributed by atoms with Crippen molar-refractivity contribution in [1.29, 1.82) is 0 Å². The number of piperidine rings is 1. The number of likely N-dealkylation sites (tertiary alicyclic amines) is 1. The first-order valence-electron chi connectivity index (χ1n) is 7.41. The first-order chi connectivity index (χ1) is 10.8. The van der Waals surface area contributed by atoms with Crippen LogP contribution in [0.3, 0.4) is 0 Å². The summed E-state index contributed by atoms with van der Waals surface area (Å²) in [4.78, 5) is 18.5. The number of hydrogen-bond donors (Lipinski definition) is 1. The van der Waals surface area contributed by atoms with Crippen LogP contribution in [0.1, 0.15) is 28.3 Å². The number of thiazole rings is 1. The van der Waals surface area contributed by atoms with Gasteiger partial charge in [0.15, 0.2) is 0 Å². The predicted molar refractivity (Wildman–Crippen MR) is 86.0 cm³/mol. The lowest BCUT2D eigenvalue weighted by molar-refractivity contribution is 0.0591. The number of nitrogens with two attached hydrogens (primary N) is 1. The van der Waals surface area contributed by atoms with E-state index in [0.717, 1.165) is 23.6 Å². The van der Waals surface area contributed by atoms with Crippen molar-refractivity contribution < 1.29 is 9.53 Å². The molecule has 1 aromatic heterocycles. The maximum absolute atomic E-state index is 12.4. The van der Waals surface area contributed by atoms with Gasteiger partial charge in [-0.1, -0.05) is 18.2 Å². The van der Waals surface area contributed by atoms with Gasteiger partial charge in [-0.15, -0.1) is 11.3 Å². The molecule has 1 saturated heterocycles. The Balaban J connectivity index is 1.54. The molecule has 0 spiro atoms. The molecule has 22 heavy (non-hydrogen) atoms. The fourth-order valence-corrected chi connectivity index (χ4v) is 3.18. The summed E-state index contributed by atoms with van der Waals surface area (Å²) in [5, 5.41) is 2.59. The summed E-state index contributed by atoms with van der Waals surface area (Å²) in [6.45, 7) is 1.78. The molecule has 0 aliphatic carbocycles. The Bertz CT molecular complexity index is 621. The van der Waals surface area contributed by atoms with Crippen molar-refractivity contribution in [2.75, 3.05) is 13.1 Å². The largest absolute Gasteiger partial charge is 0.490 e. The zero-order valence-corrected chi connectivity index (χ0v) is 13.1. The molecule has 0 saturated carbocycles. The minimum Gasteiger partial charge on any atom is -0.490 e. The van der Waals surface area contributed by atoms with Gasteiger partial charge in [-0.05, 0) is 12.1 Å². The van der Waals surface area contributed by atoms with Gasteiger partial charge >= 0.3 is 0 Å². The standard InChI is InChI=1S/C16H19N3O2S/c17-10-15-18-14(11-22-15)16(20)19-8-6-13(7-9-19)21-12-4-2-1-3-5-12/h1-5,11,13H,6-10,17H2. The first kappa shape index (κ1) is 15.0. The number of benzene rings is 1. The van der Waals surface area contributed by atoms with Gasteiger partial charge in [0.2, 0.25) is 0 Å². The molecule has 1 aromatic carbocycles. The zero-order chi connectivity index (χ0) is 15.4. The van der Waals surface area contributed by atoms with Crippen LogP contribution in [0.4, 0.5) is 0 Å². The smallest absolute Gasteiger partial charge is 0.273 e. The second-order valence-electron chi connectivity index (χ2n) is 5.25. The van der Waals surface area contributed by atoms with Crippen molar-refractivity contribution in [2.24, 2.45) is 5.73 Å². The third-order valence-corrected chi connectivity index (χ3v) is 4.59. The van der Waals surface area contributed by atoms with E-state index in [4.69, 9.17) is 10.5 Å². The lowest BCUT2D eigenvalue weighted by atomic mass is 10.1. The molecule has 1 aliphatic rings. The first-order valence-corrected chi connectivity index (χ1v) is 8.29. The quantitative estimate of drug-likeness (QED) is 0.939. The van der Waals surface area contributed by atoms with Crippen molar-refractivity contribution in [3.63, 3.8) is 0 Å². The molecule has 0 atom stereocenters. The Morgan fingerprint density at radius 1 is 1.32 bits per heavy atom. The number of ether oxygens (including phenoxy) is 1. The van der Waals surface area contributed by atoms with E-state index >= 15 is 0 Å². The van der Waals surface area contributed by atoms with Crippen molar-refractivity contribution in [2.45, 2.75) is 25.5 Å². The topological polar surface area (TPSA) is 68.5 Å². The molecule has 2 N–H and O–H groups in total. The highest BCUT2D eigenvalue weighted by molar-refractivity contribution is 7.09. The summed E-state index contributed by atoms with van der Waals surface area (Å²) < 4.78 is 5.94. The highest BCUT2D eigenvalue weighted by Crippen LogP contribution is 2.20. The Kier molecular flexibility index (Phi) is 4.70. The molecule has 0 unspecified atom stereocenters. The van der Waals surface area contributed by atoms with Crippen LogP contribution in [0, 0.1) is 0 Å². The zero-order valence-electron chi connectivity index (χ0n) is 12.3. The molecule has 116 valence electrons. The van der Waals surface area contributed by atoms with Gasteiger partial charge in [0.05, 0.1) is 0 Å². The van der Waals surface area contributed by atoms with Gasteiger partial charge in [-0.2, -0.15) is 0 Å². The average Bonchev–Trinajstić information content (AvgIpc) is 3.05. The van der Waals surface area contributed by atoms with E-state index in [9.17, 15) is 4.79 Å². The molecule has 5 nitrogen and oxygen atoms in total. The number of amides is 1. The molecule has 6 heteroatoms. The Hall–Kier alpha value is -1.92.